The predicted octanol–water partition coefficient (Wildman–Crippen LogP) is 3.94. The van der Waals surface area contributed by atoms with Crippen molar-refractivity contribution in [2.75, 3.05) is 4.90 Å². The molecule has 1 aliphatic rings. The number of nitrogens with zero attached hydrogens (tertiary/aromatic N) is 1. The first-order chi connectivity index (χ1) is 10.6. The number of phenolic OH excluding ortho intramolecular Hbond substituents is 1. The predicted molar refractivity (Wildman–Crippen MR) is 87.7 cm³/mol. The van der Waals surface area contributed by atoms with E-state index in [-0.39, 0.29) is 16.9 Å². The highest BCUT2D eigenvalue weighted by molar-refractivity contribution is 8.19. The van der Waals surface area contributed by atoms with Gasteiger partial charge in [0.1, 0.15) is 5.75 Å². The molecule has 4 nitrogen and oxygen atoms in total. The number of aryl methyl sites for hydroxylation is 1. The average molecular weight is 311 g/mol. The summed E-state index contributed by atoms with van der Waals surface area (Å²) in [5.74, 6) is -0.358. The van der Waals surface area contributed by atoms with Crippen LogP contribution in [0.1, 0.15) is 11.1 Å². The maximum atomic E-state index is 12.5. The number of aromatic hydroxyl groups is 1. The number of hydrogen-bond donors (Lipinski definition) is 1. The van der Waals surface area contributed by atoms with E-state index in [0.29, 0.717) is 10.6 Å². The molecule has 22 heavy (non-hydrogen) atoms. The molecule has 1 saturated heterocycles. The molecule has 1 aliphatic heterocycles. The first kappa shape index (κ1) is 14.4. The van der Waals surface area contributed by atoms with Crippen LogP contribution < -0.4 is 4.90 Å². The Hall–Kier alpha value is -2.53. The molecule has 5 heteroatoms. The number of imide groups is 1. The molecule has 1 heterocycles. The summed E-state index contributed by atoms with van der Waals surface area (Å²) in [6.45, 7) is 1.95. The third-order valence-electron chi connectivity index (χ3n) is 3.36. The summed E-state index contributed by atoms with van der Waals surface area (Å²) in [5.41, 5.74) is 2.31. The van der Waals surface area contributed by atoms with Crippen LogP contribution in [0.5, 0.6) is 5.75 Å². The van der Waals surface area contributed by atoms with Crippen LogP contribution in [0.4, 0.5) is 10.5 Å². The SMILES string of the molecule is Cc1ccccc1/C=C1\SC(=O)N(c2cccc(O)c2)C1=O. The number of carbonyl (C=O) groups excluding carboxylic acids is 2. The van der Waals surface area contributed by atoms with E-state index in [0.717, 1.165) is 27.8 Å². The molecule has 0 aromatic heterocycles. The monoisotopic (exact) mass is 311 g/mol. The fourth-order valence-electron chi connectivity index (χ4n) is 2.21. The molecular formula is C17H13NO3S. The zero-order chi connectivity index (χ0) is 15.7. The molecule has 0 spiro atoms. The molecule has 110 valence electrons. The highest BCUT2D eigenvalue weighted by Gasteiger charge is 2.36. The summed E-state index contributed by atoms with van der Waals surface area (Å²) in [6, 6.07) is 13.8. The van der Waals surface area contributed by atoms with Gasteiger partial charge in [0.25, 0.3) is 11.1 Å². The fourth-order valence-corrected chi connectivity index (χ4v) is 3.04. The highest BCUT2D eigenvalue weighted by Crippen LogP contribution is 2.36. The Morgan fingerprint density at radius 1 is 1.09 bits per heavy atom. The van der Waals surface area contributed by atoms with E-state index in [4.69, 9.17) is 0 Å². The van der Waals surface area contributed by atoms with E-state index in [1.165, 1.54) is 12.1 Å². The van der Waals surface area contributed by atoms with Gasteiger partial charge in [-0.1, -0.05) is 30.3 Å². The minimum Gasteiger partial charge on any atom is -0.508 e. The lowest BCUT2D eigenvalue weighted by molar-refractivity contribution is -0.113. The summed E-state index contributed by atoms with van der Waals surface area (Å²) in [5, 5.41) is 9.15. The summed E-state index contributed by atoms with van der Waals surface area (Å²) < 4.78 is 0. The Kier molecular flexibility index (Phi) is 3.73. The molecule has 0 aliphatic carbocycles. The van der Waals surface area contributed by atoms with Gasteiger partial charge in [0.05, 0.1) is 10.6 Å². The van der Waals surface area contributed by atoms with Crippen molar-refractivity contribution in [3.8, 4) is 5.75 Å². The van der Waals surface area contributed by atoms with Crippen molar-refractivity contribution in [3.63, 3.8) is 0 Å². The van der Waals surface area contributed by atoms with Crippen molar-refractivity contribution < 1.29 is 14.7 Å². The Labute approximate surface area is 132 Å². The van der Waals surface area contributed by atoms with E-state index in [1.54, 1.807) is 18.2 Å². The second-order valence-electron chi connectivity index (χ2n) is 4.89. The third kappa shape index (κ3) is 2.63. The highest BCUT2D eigenvalue weighted by atomic mass is 32.2. The minimum atomic E-state index is -0.371. The summed E-state index contributed by atoms with van der Waals surface area (Å²) >= 11 is 0.903. The van der Waals surface area contributed by atoms with Crippen molar-refractivity contribution in [1.82, 2.24) is 0 Å². The average Bonchev–Trinajstić information content (AvgIpc) is 2.76. The number of anilines is 1. The van der Waals surface area contributed by atoms with Gasteiger partial charge < -0.3 is 5.11 Å². The Balaban J connectivity index is 1.97. The first-order valence-corrected chi connectivity index (χ1v) is 7.50. The van der Waals surface area contributed by atoms with Gasteiger partial charge in [-0.15, -0.1) is 0 Å². The molecule has 3 rings (SSSR count). The van der Waals surface area contributed by atoms with Crippen molar-refractivity contribution >= 4 is 34.7 Å². The van der Waals surface area contributed by atoms with Gasteiger partial charge in [0, 0.05) is 6.07 Å². The van der Waals surface area contributed by atoms with Crippen LogP contribution >= 0.6 is 11.8 Å². The van der Waals surface area contributed by atoms with Crippen LogP contribution in [0.2, 0.25) is 0 Å². The van der Waals surface area contributed by atoms with Gasteiger partial charge >= 0.3 is 0 Å². The molecule has 0 radical (unpaired) electrons. The van der Waals surface area contributed by atoms with Gasteiger partial charge in [0.2, 0.25) is 0 Å². The number of carbonyl (C=O) groups is 2. The zero-order valence-corrected chi connectivity index (χ0v) is 12.6. The number of amides is 2. The van der Waals surface area contributed by atoms with Gasteiger partial charge in [0.15, 0.2) is 0 Å². The smallest absolute Gasteiger partial charge is 0.298 e. The molecule has 0 saturated carbocycles. The standard InChI is InChI=1S/C17H13NO3S/c1-11-5-2-3-6-12(11)9-15-16(20)18(17(21)22-15)13-7-4-8-14(19)10-13/h2-10,19H,1H3/b15-9-. The van der Waals surface area contributed by atoms with Crippen molar-refractivity contribution in [3.05, 3.63) is 64.6 Å². The van der Waals surface area contributed by atoms with Crippen LogP contribution in [-0.2, 0) is 4.79 Å². The number of phenols is 1. The second-order valence-corrected chi connectivity index (χ2v) is 5.89. The maximum Gasteiger partial charge on any atom is 0.298 e. The molecule has 1 fully saturated rings. The molecule has 1 N–H and O–H groups in total. The van der Waals surface area contributed by atoms with Crippen molar-refractivity contribution in [1.29, 1.82) is 0 Å². The summed E-state index contributed by atoms with van der Waals surface area (Å²) in [7, 11) is 0. The van der Waals surface area contributed by atoms with Gasteiger partial charge in [-0.05, 0) is 48.0 Å². The molecule has 0 atom stereocenters. The number of benzene rings is 2. The van der Waals surface area contributed by atoms with E-state index in [9.17, 15) is 14.7 Å². The van der Waals surface area contributed by atoms with Gasteiger partial charge in [-0.2, -0.15) is 0 Å². The summed E-state index contributed by atoms with van der Waals surface area (Å²) in [6.07, 6.45) is 1.73. The lowest BCUT2D eigenvalue weighted by Crippen LogP contribution is -2.27. The van der Waals surface area contributed by atoms with E-state index in [1.807, 2.05) is 31.2 Å². The second kappa shape index (κ2) is 5.69. The Morgan fingerprint density at radius 3 is 2.59 bits per heavy atom. The van der Waals surface area contributed by atoms with Gasteiger partial charge in [-0.3, -0.25) is 9.59 Å². The Morgan fingerprint density at radius 2 is 1.86 bits per heavy atom. The topological polar surface area (TPSA) is 57.6 Å². The molecule has 2 aromatic carbocycles. The Bertz CT molecular complexity index is 798. The van der Waals surface area contributed by atoms with E-state index < -0.39 is 0 Å². The van der Waals surface area contributed by atoms with Crippen LogP contribution in [0.25, 0.3) is 6.08 Å². The van der Waals surface area contributed by atoms with E-state index >= 15 is 0 Å². The number of thioether (sulfide) groups is 1. The normalized spacial score (nSPS) is 16.6. The molecule has 2 aromatic rings. The third-order valence-corrected chi connectivity index (χ3v) is 4.23. The van der Waals surface area contributed by atoms with Crippen LogP contribution in [0.15, 0.2) is 53.4 Å². The quantitative estimate of drug-likeness (QED) is 0.853. The molecular weight excluding hydrogens is 298 g/mol. The lowest BCUT2D eigenvalue weighted by Gasteiger charge is -2.12. The van der Waals surface area contributed by atoms with Crippen LogP contribution in [0.3, 0.4) is 0 Å². The molecule has 0 unspecified atom stereocenters. The molecule has 0 bridgehead atoms. The number of hydrogen-bond acceptors (Lipinski definition) is 4. The summed E-state index contributed by atoms with van der Waals surface area (Å²) in [4.78, 5) is 26.1. The van der Waals surface area contributed by atoms with Crippen LogP contribution in [0, 0.1) is 6.92 Å². The van der Waals surface area contributed by atoms with Crippen LogP contribution in [-0.4, -0.2) is 16.3 Å². The largest absolute Gasteiger partial charge is 0.508 e. The zero-order valence-electron chi connectivity index (χ0n) is 11.8. The number of rotatable bonds is 2. The van der Waals surface area contributed by atoms with Gasteiger partial charge in [-0.25, -0.2) is 4.90 Å². The lowest BCUT2D eigenvalue weighted by atomic mass is 10.1. The first-order valence-electron chi connectivity index (χ1n) is 6.69. The van der Waals surface area contributed by atoms with Crippen molar-refractivity contribution in [2.45, 2.75) is 6.92 Å². The van der Waals surface area contributed by atoms with Crippen molar-refractivity contribution in [2.24, 2.45) is 0 Å². The minimum absolute atomic E-state index is 0.0134. The fraction of sp³-hybridized carbons (Fsp3) is 0.0588. The molecule has 2 amide bonds. The van der Waals surface area contributed by atoms with E-state index in [2.05, 4.69) is 0 Å². The maximum absolute atomic E-state index is 12.5.